The highest BCUT2D eigenvalue weighted by Crippen LogP contribution is 2.16. The van der Waals surface area contributed by atoms with Crippen LogP contribution >= 0.6 is 0 Å². The molecule has 2 rings (SSSR count). The Morgan fingerprint density at radius 3 is 2.52 bits per heavy atom. The second kappa shape index (κ2) is 7.58. The van der Waals surface area contributed by atoms with Gasteiger partial charge < -0.3 is 10.2 Å². The molecule has 0 radical (unpaired) electrons. The fourth-order valence-electron chi connectivity index (χ4n) is 2.38. The van der Waals surface area contributed by atoms with Gasteiger partial charge in [-0.05, 0) is 37.4 Å². The van der Waals surface area contributed by atoms with Crippen LogP contribution in [0.25, 0.3) is 0 Å². The molecule has 2 aromatic rings. The Morgan fingerprint density at radius 1 is 1.10 bits per heavy atom. The van der Waals surface area contributed by atoms with E-state index in [1.54, 1.807) is 0 Å². The van der Waals surface area contributed by atoms with Gasteiger partial charge in [-0.1, -0.05) is 42.5 Å². The van der Waals surface area contributed by atoms with E-state index in [1.807, 2.05) is 30.3 Å². The minimum Gasteiger partial charge on any atom is -0.311 e. The highest BCUT2D eigenvalue weighted by atomic mass is 15.1. The molecule has 0 aromatic heterocycles. The lowest BCUT2D eigenvalue weighted by Gasteiger charge is -2.25. The van der Waals surface area contributed by atoms with Gasteiger partial charge in [0, 0.05) is 19.1 Å². The molecule has 0 heterocycles. The average molecular weight is 279 g/mol. The van der Waals surface area contributed by atoms with Crippen molar-refractivity contribution in [1.82, 2.24) is 10.2 Å². The van der Waals surface area contributed by atoms with Crippen molar-refractivity contribution in [2.45, 2.75) is 12.6 Å². The van der Waals surface area contributed by atoms with Crippen LogP contribution in [0.5, 0.6) is 0 Å². The van der Waals surface area contributed by atoms with Crippen molar-refractivity contribution in [3.63, 3.8) is 0 Å². The van der Waals surface area contributed by atoms with Crippen molar-refractivity contribution < 1.29 is 0 Å². The number of likely N-dealkylation sites (N-methyl/N-ethyl adjacent to an activating group) is 1. The Kier molecular flexibility index (Phi) is 5.51. The van der Waals surface area contributed by atoms with Gasteiger partial charge in [-0.3, -0.25) is 0 Å². The molecular formula is C18H21N3. The topological polar surface area (TPSA) is 39.1 Å². The highest BCUT2D eigenvalue weighted by molar-refractivity contribution is 5.32. The van der Waals surface area contributed by atoms with E-state index in [0.29, 0.717) is 11.6 Å². The van der Waals surface area contributed by atoms with Gasteiger partial charge in [0.15, 0.2) is 0 Å². The molecule has 0 fully saturated rings. The highest BCUT2D eigenvalue weighted by Gasteiger charge is 2.12. The maximum absolute atomic E-state index is 8.92. The normalized spacial score (nSPS) is 12.1. The molecule has 1 atom stereocenters. The van der Waals surface area contributed by atoms with Gasteiger partial charge in [0.05, 0.1) is 11.6 Å². The summed E-state index contributed by atoms with van der Waals surface area (Å²) in [5.41, 5.74) is 3.15. The van der Waals surface area contributed by atoms with E-state index in [1.165, 1.54) is 5.56 Å². The molecule has 3 nitrogen and oxygen atoms in total. The molecule has 1 N–H and O–H groups in total. The predicted molar refractivity (Wildman–Crippen MR) is 85.7 cm³/mol. The summed E-state index contributed by atoms with van der Waals surface area (Å²) in [5.74, 6) is 0. The summed E-state index contributed by atoms with van der Waals surface area (Å²) in [4.78, 5) is 2.22. The number of nitrogens with one attached hydrogen (secondary N) is 1. The zero-order valence-corrected chi connectivity index (χ0v) is 12.6. The summed E-state index contributed by atoms with van der Waals surface area (Å²) in [7, 11) is 4.19. The molecule has 0 saturated heterocycles. The van der Waals surface area contributed by atoms with E-state index in [0.717, 1.165) is 18.7 Å². The van der Waals surface area contributed by atoms with E-state index in [2.05, 4.69) is 54.6 Å². The lowest BCUT2D eigenvalue weighted by atomic mass is 10.1. The first-order chi connectivity index (χ1) is 10.2. The Hall–Kier alpha value is -2.15. The lowest BCUT2D eigenvalue weighted by Crippen LogP contribution is -2.30. The molecule has 0 aliphatic carbocycles. The largest absolute Gasteiger partial charge is 0.311 e. The van der Waals surface area contributed by atoms with Crippen molar-refractivity contribution in [2.24, 2.45) is 0 Å². The van der Waals surface area contributed by atoms with Gasteiger partial charge in [0.2, 0.25) is 0 Å². The van der Waals surface area contributed by atoms with Gasteiger partial charge >= 0.3 is 0 Å². The summed E-state index contributed by atoms with van der Waals surface area (Å²) in [6, 6.07) is 20.7. The van der Waals surface area contributed by atoms with Crippen LogP contribution in [0.3, 0.4) is 0 Å². The third-order valence-electron chi connectivity index (χ3n) is 3.53. The predicted octanol–water partition coefficient (Wildman–Crippen LogP) is 2.95. The maximum atomic E-state index is 8.92. The molecule has 0 aliphatic heterocycles. The zero-order valence-electron chi connectivity index (χ0n) is 12.6. The first-order valence-corrected chi connectivity index (χ1v) is 7.12. The van der Waals surface area contributed by atoms with Gasteiger partial charge in [-0.25, -0.2) is 0 Å². The van der Waals surface area contributed by atoms with Crippen LogP contribution in [0.15, 0.2) is 54.6 Å². The Balaban J connectivity index is 1.95. The van der Waals surface area contributed by atoms with E-state index in [9.17, 15) is 0 Å². The summed E-state index contributed by atoms with van der Waals surface area (Å²) >= 11 is 0. The van der Waals surface area contributed by atoms with Crippen molar-refractivity contribution in [2.75, 3.05) is 20.6 Å². The molecule has 0 aliphatic rings. The molecule has 2 aromatic carbocycles. The quantitative estimate of drug-likeness (QED) is 0.883. The first-order valence-electron chi connectivity index (χ1n) is 7.12. The number of hydrogen-bond acceptors (Lipinski definition) is 3. The number of nitriles is 1. The molecule has 0 spiro atoms. The monoisotopic (exact) mass is 279 g/mol. The van der Waals surface area contributed by atoms with Crippen LogP contribution in [0.2, 0.25) is 0 Å². The lowest BCUT2D eigenvalue weighted by molar-refractivity contribution is 0.288. The summed E-state index contributed by atoms with van der Waals surface area (Å²) in [5, 5.41) is 12.4. The Bertz CT molecular complexity index is 599. The van der Waals surface area contributed by atoms with E-state index in [-0.39, 0.29) is 0 Å². The van der Waals surface area contributed by atoms with Crippen molar-refractivity contribution in [3.05, 3.63) is 71.3 Å². The van der Waals surface area contributed by atoms with E-state index >= 15 is 0 Å². The second-order valence-corrected chi connectivity index (χ2v) is 5.33. The van der Waals surface area contributed by atoms with E-state index in [4.69, 9.17) is 5.26 Å². The average Bonchev–Trinajstić information content (AvgIpc) is 2.52. The molecule has 21 heavy (non-hydrogen) atoms. The van der Waals surface area contributed by atoms with Gasteiger partial charge in [-0.2, -0.15) is 5.26 Å². The number of rotatable bonds is 6. The van der Waals surface area contributed by atoms with Crippen LogP contribution in [-0.2, 0) is 6.54 Å². The van der Waals surface area contributed by atoms with Crippen molar-refractivity contribution in [3.8, 4) is 6.07 Å². The van der Waals surface area contributed by atoms with Gasteiger partial charge in [0.25, 0.3) is 0 Å². The molecule has 0 bridgehead atoms. The minimum absolute atomic E-state index is 0.338. The van der Waals surface area contributed by atoms with Crippen LogP contribution in [0.4, 0.5) is 0 Å². The Morgan fingerprint density at radius 2 is 1.86 bits per heavy atom. The smallest absolute Gasteiger partial charge is 0.0991 e. The maximum Gasteiger partial charge on any atom is 0.0991 e. The van der Waals surface area contributed by atoms with Gasteiger partial charge in [-0.15, -0.1) is 0 Å². The molecule has 0 amide bonds. The third-order valence-corrected chi connectivity index (χ3v) is 3.53. The first kappa shape index (κ1) is 15.2. The molecular weight excluding hydrogens is 258 g/mol. The summed E-state index contributed by atoms with van der Waals surface area (Å²) < 4.78 is 0. The van der Waals surface area contributed by atoms with Crippen LogP contribution in [-0.4, -0.2) is 25.5 Å². The third kappa shape index (κ3) is 4.42. The molecule has 0 unspecified atom stereocenters. The van der Waals surface area contributed by atoms with Crippen molar-refractivity contribution in [1.29, 1.82) is 5.26 Å². The summed E-state index contributed by atoms with van der Waals surface area (Å²) in [6.45, 7) is 1.64. The Labute approximate surface area is 126 Å². The molecule has 3 heteroatoms. The second-order valence-electron chi connectivity index (χ2n) is 5.33. The number of nitrogens with zero attached hydrogens (tertiary/aromatic N) is 2. The molecule has 108 valence electrons. The van der Waals surface area contributed by atoms with Crippen LogP contribution in [0.1, 0.15) is 22.7 Å². The molecule has 0 saturated carbocycles. The number of benzene rings is 2. The van der Waals surface area contributed by atoms with E-state index < -0.39 is 0 Å². The fraction of sp³-hybridized carbons (Fsp3) is 0.278. The summed E-state index contributed by atoms with van der Waals surface area (Å²) in [6.07, 6.45) is 0. The SMILES string of the molecule is CN(C)[C@@H](CNCc1cccc(C#N)c1)c1ccccc1. The van der Waals surface area contributed by atoms with Gasteiger partial charge in [0.1, 0.15) is 0 Å². The number of hydrogen-bond donors (Lipinski definition) is 1. The van der Waals surface area contributed by atoms with Crippen LogP contribution in [0, 0.1) is 11.3 Å². The van der Waals surface area contributed by atoms with Crippen LogP contribution < -0.4 is 5.32 Å². The van der Waals surface area contributed by atoms with Crippen molar-refractivity contribution >= 4 is 0 Å². The zero-order chi connectivity index (χ0) is 15.1. The standard InChI is InChI=1S/C18H21N3/c1-21(2)18(17-9-4-3-5-10-17)14-20-13-16-8-6-7-15(11-16)12-19/h3-11,18,20H,13-14H2,1-2H3/t18-/m0/s1. The minimum atomic E-state index is 0.338. The fourth-order valence-corrected chi connectivity index (χ4v) is 2.38.